The van der Waals surface area contributed by atoms with Crippen LogP contribution >= 0.6 is 0 Å². The summed E-state index contributed by atoms with van der Waals surface area (Å²) < 4.78 is 0. The van der Waals surface area contributed by atoms with Gasteiger partial charge in [0.25, 0.3) is 5.56 Å². The first-order chi connectivity index (χ1) is 8.06. The zero-order valence-corrected chi connectivity index (χ0v) is 10.2. The van der Waals surface area contributed by atoms with Crippen molar-refractivity contribution in [2.75, 3.05) is 5.32 Å². The average Bonchev–Trinajstić information content (AvgIpc) is 2.29. The molecule has 0 fully saturated rings. The number of rotatable bonds is 2. The summed E-state index contributed by atoms with van der Waals surface area (Å²) in [5.41, 5.74) is 3.72. The molecule has 88 valence electrons. The molecule has 2 aromatic rings. The molecular formula is C13H15N3O. The fourth-order valence-corrected chi connectivity index (χ4v) is 1.52. The first-order valence-electron chi connectivity index (χ1n) is 5.46. The van der Waals surface area contributed by atoms with Crippen molar-refractivity contribution in [3.8, 4) is 0 Å². The summed E-state index contributed by atoms with van der Waals surface area (Å²) in [7, 11) is 0. The third kappa shape index (κ3) is 2.53. The quantitative estimate of drug-likeness (QED) is 0.831. The highest BCUT2D eigenvalue weighted by Crippen LogP contribution is 2.18. The molecule has 0 saturated carbocycles. The molecule has 0 aliphatic rings. The minimum absolute atomic E-state index is 0.118. The van der Waals surface area contributed by atoms with E-state index >= 15 is 0 Å². The van der Waals surface area contributed by atoms with E-state index in [2.05, 4.69) is 15.3 Å². The number of aromatic amines is 1. The number of aryl methyl sites for hydroxylation is 3. The van der Waals surface area contributed by atoms with Gasteiger partial charge in [-0.05, 0) is 38.0 Å². The Morgan fingerprint density at radius 3 is 2.65 bits per heavy atom. The Labute approximate surface area is 99.7 Å². The van der Waals surface area contributed by atoms with Crippen LogP contribution in [0.25, 0.3) is 0 Å². The molecule has 0 aliphatic carbocycles. The van der Waals surface area contributed by atoms with E-state index in [0.717, 1.165) is 16.8 Å². The molecule has 0 spiro atoms. The predicted octanol–water partition coefficient (Wildman–Crippen LogP) is 2.44. The smallest absolute Gasteiger partial charge is 0.255 e. The lowest BCUT2D eigenvalue weighted by atomic mass is 10.1. The molecular weight excluding hydrogens is 214 g/mol. The standard InChI is InChI=1S/C13H15N3O/c1-8-4-5-9(2)11(6-8)15-13-14-7-10(3)12(17)16-13/h4-7H,1-3H3,(H2,14,15,16,17). The maximum atomic E-state index is 11.4. The zero-order valence-electron chi connectivity index (χ0n) is 10.2. The molecule has 1 aromatic carbocycles. The van der Waals surface area contributed by atoms with Gasteiger partial charge in [-0.15, -0.1) is 0 Å². The van der Waals surface area contributed by atoms with E-state index < -0.39 is 0 Å². The SMILES string of the molecule is Cc1ccc(C)c(Nc2ncc(C)c(=O)[nH]2)c1. The van der Waals surface area contributed by atoms with Gasteiger partial charge >= 0.3 is 0 Å². The molecule has 0 unspecified atom stereocenters. The summed E-state index contributed by atoms with van der Waals surface area (Å²) in [5.74, 6) is 0.467. The van der Waals surface area contributed by atoms with Gasteiger partial charge in [0.05, 0.1) is 0 Å². The fraction of sp³-hybridized carbons (Fsp3) is 0.231. The second kappa shape index (κ2) is 4.41. The Hall–Kier alpha value is -2.10. The Balaban J connectivity index is 2.34. The fourth-order valence-electron chi connectivity index (χ4n) is 1.52. The summed E-state index contributed by atoms with van der Waals surface area (Å²) in [4.78, 5) is 18.3. The van der Waals surface area contributed by atoms with Gasteiger partial charge in [-0.25, -0.2) is 4.98 Å². The van der Waals surface area contributed by atoms with Crippen LogP contribution in [0.5, 0.6) is 0 Å². The van der Waals surface area contributed by atoms with Crippen molar-refractivity contribution in [2.24, 2.45) is 0 Å². The number of benzene rings is 1. The number of anilines is 2. The van der Waals surface area contributed by atoms with Crippen LogP contribution in [0.4, 0.5) is 11.6 Å². The van der Waals surface area contributed by atoms with Gasteiger partial charge in [0.2, 0.25) is 5.95 Å². The maximum absolute atomic E-state index is 11.4. The molecule has 0 atom stereocenters. The number of aromatic nitrogens is 2. The van der Waals surface area contributed by atoms with E-state index in [4.69, 9.17) is 0 Å². The summed E-state index contributed by atoms with van der Waals surface area (Å²) in [6, 6.07) is 6.10. The number of nitrogens with one attached hydrogen (secondary N) is 2. The van der Waals surface area contributed by atoms with Gasteiger partial charge in [-0.1, -0.05) is 12.1 Å². The minimum Gasteiger partial charge on any atom is -0.325 e. The van der Waals surface area contributed by atoms with Crippen molar-refractivity contribution in [1.29, 1.82) is 0 Å². The van der Waals surface area contributed by atoms with Crippen LogP contribution in [0.1, 0.15) is 16.7 Å². The van der Waals surface area contributed by atoms with Crippen LogP contribution in [-0.2, 0) is 0 Å². The molecule has 0 aliphatic heterocycles. The third-order valence-corrected chi connectivity index (χ3v) is 2.62. The second-order valence-electron chi connectivity index (χ2n) is 4.19. The van der Waals surface area contributed by atoms with Crippen LogP contribution in [0.15, 0.2) is 29.2 Å². The lowest BCUT2D eigenvalue weighted by Crippen LogP contribution is -2.13. The molecule has 0 bridgehead atoms. The summed E-state index contributed by atoms with van der Waals surface area (Å²) in [6.45, 7) is 5.76. The Kier molecular flexibility index (Phi) is 2.95. The van der Waals surface area contributed by atoms with E-state index in [-0.39, 0.29) is 5.56 Å². The molecule has 0 radical (unpaired) electrons. The molecule has 17 heavy (non-hydrogen) atoms. The number of hydrogen-bond acceptors (Lipinski definition) is 3. The first kappa shape index (κ1) is 11.4. The minimum atomic E-state index is -0.118. The maximum Gasteiger partial charge on any atom is 0.255 e. The van der Waals surface area contributed by atoms with Crippen LogP contribution in [-0.4, -0.2) is 9.97 Å². The Morgan fingerprint density at radius 2 is 1.94 bits per heavy atom. The summed E-state index contributed by atoms with van der Waals surface area (Å²) >= 11 is 0. The van der Waals surface area contributed by atoms with Gasteiger partial charge in [-0.2, -0.15) is 0 Å². The first-order valence-corrected chi connectivity index (χ1v) is 5.46. The molecule has 2 rings (SSSR count). The molecule has 0 saturated heterocycles. The molecule has 1 heterocycles. The number of H-pyrrole nitrogens is 1. The molecule has 0 amide bonds. The average molecular weight is 229 g/mol. The van der Waals surface area contributed by atoms with Gasteiger partial charge in [-0.3, -0.25) is 9.78 Å². The summed E-state index contributed by atoms with van der Waals surface area (Å²) in [6.07, 6.45) is 1.56. The Morgan fingerprint density at radius 1 is 1.18 bits per heavy atom. The van der Waals surface area contributed by atoms with Gasteiger partial charge in [0.15, 0.2) is 0 Å². The van der Waals surface area contributed by atoms with Crippen molar-refractivity contribution in [3.63, 3.8) is 0 Å². The van der Waals surface area contributed by atoms with E-state index in [0.29, 0.717) is 11.5 Å². The molecule has 1 aromatic heterocycles. The van der Waals surface area contributed by atoms with Gasteiger partial charge in [0.1, 0.15) is 0 Å². The summed E-state index contributed by atoms with van der Waals surface area (Å²) in [5, 5.41) is 3.11. The monoisotopic (exact) mass is 229 g/mol. The molecule has 4 heteroatoms. The second-order valence-corrected chi connectivity index (χ2v) is 4.19. The van der Waals surface area contributed by atoms with E-state index in [1.54, 1.807) is 13.1 Å². The van der Waals surface area contributed by atoms with E-state index in [9.17, 15) is 4.79 Å². The molecule has 4 nitrogen and oxygen atoms in total. The predicted molar refractivity (Wildman–Crippen MR) is 68.8 cm³/mol. The van der Waals surface area contributed by atoms with Gasteiger partial charge < -0.3 is 5.32 Å². The lowest BCUT2D eigenvalue weighted by molar-refractivity contribution is 1.08. The van der Waals surface area contributed by atoms with Crippen molar-refractivity contribution in [3.05, 3.63) is 51.4 Å². The highest BCUT2D eigenvalue weighted by atomic mass is 16.1. The van der Waals surface area contributed by atoms with Crippen LogP contribution < -0.4 is 10.9 Å². The largest absolute Gasteiger partial charge is 0.325 e. The van der Waals surface area contributed by atoms with Crippen molar-refractivity contribution in [2.45, 2.75) is 20.8 Å². The van der Waals surface area contributed by atoms with E-state index in [1.165, 1.54) is 0 Å². The highest BCUT2D eigenvalue weighted by Gasteiger charge is 2.02. The van der Waals surface area contributed by atoms with Crippen molar-refractivity contribution >= 4 is 11.6 Å². The molecule has 2 N–H and O–H groups in total. The normalized spacial score (nSPS) is 10.3. The highest BCUT2D eigenvalue weighted by molar-refractivity contribution is 5.59. The van der Waals surface area contributed by atoms with Crippen LogP contribution in [0.3, 0.4) is 0 Å². The topological polar surface area (TPSA) is 57.8 Å². The number of hydrogen-bond donors (Lipinski definition) is 2. The van der Waals surface area contributed by atoms with Crippen molar-refractivity contribution in [1.82, 2.24) is 9.97 Å². The van der Waals surface area contributed by atoms with Crippen LogP contribution in [0.2, 0.25) is 0 Å². The van der Waals surface area contributed by atoms with Gasteiger partial charge in [0, 0.05) is 17.4 Å². The van der Waals surface area contributed by atoms with E-state index in [1.807, 2.05) is 32.0 Å². The van der Waals surface area contributed by atoms with Crippen LogP contribution in [0, 0.1) is 20.8 Å². The van der Waals surface area contributed by atoms with Crippen molar-refractivity contribution < 1.29 is 0 Å². The number of nitrogens with zero attached hydrogens (tertiary/aromatic N) is 1. The lowest BCUT2D eigenvalue weighted by Gasteiger charge is -2.09. The Bertz CT molecular complexity index is 602. The zero-order chi connectivity index (χ0) is 12.4. The third-order valence-electron chi connectivity index (χ3n) is 2.62.